The molecule has 2 aromatic rings. The number of carbonyl (C=O) groups is 1. The second-order valence-electron chi connectivity index (χ2n) is 3.85. The number of halogens is 1. The molecule has 0 spiro atoms. The third kappa shape index (κ3) is 2.71. The topological polar surface area (TPSA) is 29.1 Å². The quantitative estimate of drug-likeness (QED) is 0.862. The van der Waals surface area contributed by atoms with E-state index < -0.39 is 5.82 Å². The van der Waals surface area contributed by atoms with Gasteiger partial charge in [-0.3, -0.25) is 4.79 Å². The first-order chi connectivity index (χ1) is 8.06. The molecule has 0 aliphatic rings. The van der Waals surface area contributed by atoms with Crippen LogP contribution in [0.5, 0.6) is 0 Å². The van der Waals surface area contributed by atoms with Gasteiger partial charge in [0.15, 0.2) is 0 Å². The average Bonchev–Trinajstić information content (AvgIpc) is 2.69. The van der Waals surface area contributed by atoms with Gasteiger partial charge in [0.1, 0.15) is 5.82 Å². The minimum Gasteiger partial charge on any atom is -0.319 e. The number of nitrogens with one attached hydrogen (secondary N) is 1. The van der Waals surface area contributed by atoms with E-state index in [0.717, 1.165) is 10.4 Å². The molecule has 2 nitrogen and oxygen atoms in total. The molecule has 88 valence electrons. The van der Waals surface area contributed by atoms with Gasteiger partial charge in [-0.2, -0.15) is 0 Å². The van der Waals surface area contributed by atoms with Crippen molar-refractivity contribution >= 4 is 22.9 Å². The van der Waals surface area contributed by atoms with Crippen LogP contribution >= 0.6 is 11.3 Å². The summed E-state index contributed by atoms with van der Waals surface area (Å²) in [4.78, 5) is 13.4. The molecule has 0 unspecified atom stereocenters. The van der Waals surface area contributed by atoms with Crippen LogP contribution in [0.2, 0.25) is 0 Å². The number of rotatable bonds is 2. The van der Waals surface area contributed by atoms with E-state index in [1.165, 1.54) is 17.4 Å². The Bertz CT molecular complexity index is 562. The molecule has 0 fully saturated rings. The predicted molar refractivity (Wildman–Crippen MR) is 68.1 cm³/mol. The van der Waals surface area contributed by atoms with Gasteiger partial charge >= 0.3 is 0 Å². The third-order valence-corrected chi connectivity index (χ3v) is 3.34. The van der Waals surface area contributed by atoms with Crippen molar-refractivity contribution in [3.05, 3.63) is 51.5 Å². The van der Waals surface area contributed by atoms with Crippen molar-refractivity contribution in [3.63, 3.8) is 0 Å². The van der Waals surface area contributed by atoms with Gasteiger partial charge in [0.25, 0.3) is 5.91 Å². The molecular formula is C13H12FNOS. The Morgan fingerprint density at radius 1 is 1.24 bits per heavy atom. The van der Waals surface area contributed by atoms with Crippen molar-refractivity contribution in [1.82, 2.24) is 0 Å². The highest BCUT2D eigenvalue weighted by Gasteiger charge is 2.10. The molecular weight excluding hydrogens is 237 g/mol. The van der Waals surface area contributed by atoms with Crippen LogP contribution in [0.25, 0.3) is 0 Å². The first kappa shape index (κ1) is 11.8. The number of thiophene rings is 1. The zero-order valence-corrected chi connectivity index (χ0v) is 10.4. The largest absolute Gasteiger partial charge is 0.319 e. The number of carbonyl (C=O) groups excluding carboxylic acids is 1. The van der Waals surface area contributed by atoms with Crippen LogP contribution in [-0.2, 0) is 0 Å². The Labute approximate surface area is 103 Å². The Kier molecular flexibility index (Phi) is 3.24. The SMILES string of the molecule is Cc1ccc(NC(=O)c2ccc(C)s2)c(F)c1. The van der Waals surface area contributed by atoms with Gasteiger partial charge in [0.2, 0.25) is 0 Å². The standard InChI is InChI=1S/C13H12FNOS/c1-8-3-5-11(10(14)7-8)15-13(16)12-6-4-9(2)17-12/h3-7H,1-2H3,(H,15,16). The molecule has 1 N–H and O–H groups in total. The molecule has 0 aliphatic heterocycles. The summed E-state index contributed by atoms with van der Waals surface area (Å²) in [5.41, 5.74) is 1.04. The number of benzene rings is 1. The van der Waals surface area contributed by atoms with Crippen LogP contribution in [-0.4, -0.2) is 5.91 Å². The van der Waals surface area contributed by atoms with Crippen LogP contribution < -0.4 is 5.32 Å². The number of hydrogen-bond acceptors (Lipinski definition) is 2. The molecule has 1 heterocycles. The predicted octanol–water partition coefficient (Wildman–Crippen LogP) is 3.76. The monoisotopic (exact) mass is 249 g/mol. The van der Waals surface area contributed by atoms with E-state index in [4.69, 9.17) is 0 Å². The van der Waals surface area contributed by atoms with Gasteiger partial charge < -0.3 is 5.32 Å². The molecule has 0 bridgehead atoms. The zero-order chi connectivity index (χ0) is 12.4. The fourth-order valence-electron chi connectivity index (χ4n) is 1.46. The number of amides is 1. The van der Waals surface area contributed by atoms with E-state index in [1.54, 1.807) is 25.1 Å². The van der Waals surface area contributed by atoms with Crippen LogP contribution in [0.1, 0.15) is 20.1 Å². The summed E-state index contributed by atoms with van der Waals surface area (Å²) in [5, 5.41) is 2.56. The molecule has 0 saturated carbocycles. The molecule has 0 radical (unpaired) electrons. The van der Waals surface area contributed by atoms with Crippen LogP contribution in [0, 0.1) is 19.7 Å². The third-order valence-electron chi connectivity index (χ3n) is 2.34. The fraction of sp³-hybridized carbons (Fsp3) is 0.154. The lowest BCUT2D eigenvalue weighted by molar-refractivity contribution is 0.103. The van der Waals surface area contributed by atoms with E-state index in [-0.39, 0.29) is 11.6 Å². The number of aryl methyl sites for hydroxylation is 2. The van der Waals surface area contributed by atoms with E-state index in [1.807, 2.05) is 13.0 Å². The summed E-state index contributed by atoms with van der Waals surface area (Å²) in [6.07, 6.45) is 0. The van der Waals surface area contributed by atoms with Gasteiger partial charge in [-0.15, -0.1) is 11.3 Å². The molecule has 1 aromatic heterocycles. The van der Waals surface area contributed by atoms with Crippen molar-refractivity contribution in [3.8, 4) is 0 Å². The van der Waals surface area contributed by atoms with Gasteiger partial charge in [-0.25, -0.2) is 4.39 Å². The van der Waals surface area contributed by atoms with Gasteiger partial charge in [0.05, 0.1) is 10.6 Å². The Morgan fingerprint density at radius 3 is 2.59 bits per heavy atom. The second-order valence-corrected chi connectivity index (χ2v) is 5.14. The molecule has 1 aromatic carbocycles. The normalized spacial score (nSPS) is 10.3. The summed E-state index contributed by atoms with van der Waals surface area (Å²) < 4.78 is 13.5. The van der Waals surface area contributed by atoms with E-state index >= 15 is 0 Å². The van der Waals surface area contributed by atoms with Crippen LogP contribution in [0.15, 0.2) is 30.3 Å². The second kappa shape index (κ2) is 4.67. The lowest BCUT2D eigenvalue weighted by Gasteiger charge is -2.05. The minimum absolute atomic E-state index is 0.214. The highest BCUT2D eigenvalue weighted by molar-refractivity contribution is 7.14. The average molecular weight is 249 g/mol. The maximum atomic E-state index is 13.5. The molecule has 0 aliphatic carbocycles. The molecule has 2 rings (SSSR count). The number of anilines is 1. The summed E-state index contributed by atoms with van der Waals surface area (Å²) in [6, 6.07) is 8.34. The smallest absolute Gasteiger partial charge is 0.265 e. The van der Waals surface area contributed by atoms with Crippen molar-refractivity contribution in [1.29, 1.82) is 0 Å². The van der Waals surface area contributed by atoms with Crippen LogP contribution in [0.4, 0.5) is 10.1 Å². The summed E-state index contributed by atoms with van der Waals surface area (Å²) in [7, 11) is 0. The fourth-order valence-corrected chi connectivity index (χ4v) is 2.22. The van der Waals surface area contributed by atoms with Crippen molar-refractivity contribution < 1.29 is 9.18 Å². The summed E-state index contributed by atoms with van der Waals surface area (Å²) >= 11 is 1.39. The maximum Gasteiger partial charge on any atom is 0.265 e. The van der Waals surface area contributed by atoms with Crippen LogP contribution in [0.3, 0.4) is 0 Å². The molecule has 1 amide bonds. The lowest BCUT2D eigenvalue weighted by Crippen LogP contribution is -2.11. The Morgan fingerprint density at radius 2 is 2.00 bits per heavy atom. The zero-order valence-electron chi connectivity index (χ0n) is 9.58. The van der Waals surface area contributed by atoms with Crippen molar-refractivity contribution in [2.75, 3.05) is 5.32 Å². The molecule has 0 saturated heterocycles. The summed E-state index contributed by atoms with van der Waals surface area (Å²) in [5.74, 6) is -0.683. The first-order valence-electron chi connectivity index (χ1n) is 5.20. The number of hydrogen-bond donors (Lipinski definition) is 1. The first-order valence-corrected chi connectivity index (χ1v) is 6.02. The van der Waals surface area contributed by atoms with Gasteiger partial charge in [0, 0.05) is 4.88 Å². The molecule has 4 heteroatoms. The Hall–Kier alpha value is -1.68. The van der Waals surface area contributed by atoms with Gasteiger partial charge in [-0.1, -0.05) is 6.07 Å². The van der Waals surface area contributed by atoms with E-state index in [2.05, 4.69) is 5.32 Å². The van der Waals surface area contributed by atoms with E-state index in [0.29, 0.717) is 4.88 Å². The van der Waals surface area contributed by atoms with Crippen molar-refractivity contribution in [2.24, 2.45) is 0 Å². The van der Waals surface area contributed by atoms with Gasteiger partial charge in [-0.05, 0) is 43.7 Å². The van der Waals surface area contributed by atoms with Crippen molar-refractivity contribution in [2.45, 2.75) is 13.8 Å². The minimum atomic E-state index is -0.411. The molecule has 0 atom stereocenters. The van der Waals surface area contributed by atoms with E-state index in [9.17, 15) is 9.18 Å². The Balaban J connectivity index is 2.18. The molecule has 17 heavy (non-hydrogen) atoms. The highest BCUT2D eigenvalue weighted by atomic mass is 32.1. The summed E-state index contributed by atoms with van der Waals surface area (Å²) in [6.45, 7) is 3.73. The highest BCUT2D eigenvalue weighted by Crippen LogP contribution is 2.19. The maximum absolute atomic E-state index is 13.5. The lowest BCUT2D eigenvalue weighted by atomic mass is 10.2.